The van der Waals surface area contributed by atoms with Gasteiger partial charge in [0.2, 0.25) is 5.91 Å². The lowest BCUT2D eigenvalue weighted by Gasteiger charge is -2.29. The summed E-state index contributed by atoms with van der Waals surface area (Å²) in [7, 11) is 0. The van der Waals surface area contributed by atoms with Crippen molar-refractivity contribution in [3.05, 3.63) is 28.7 Å². The second-order valence-electron chi connectivity index (χ2n) is 4.28. The number of rotatable bonds is 3. The van der Waals surface area contributed by atoms with Gasteiger partial charge in [-0.05, 0) is 35.0 Å². The first-order chi connectivity index (χ1) is 8.68. The molecule has 0 radical (unpaired) electrons. The van der Waals surface area contributed by atoms with Gasteiger partial charge in [0.25, 0.3) is 0 Å². The van der Waals surface area contributed by atoms with Gasteiger partial charge in [-0.1, -0.05) is 12.1 Å². The lowest BCUT2D eigenvalue weighted by Crippen LogP contribution is -2.47. The van der Waals surface area contributed by atoms with E-state index in [1.165, 1.54) is 0 Å². The van der Waals surface area contributed by atoms with Crippen LogP contribution >= 0.6 is 15.9 Å². The predicted octanol–water partition coefficient (Wildman–Crippen LogP) is 2.11. The Morgan fingerprint density at radius 1 is 1.39 bits per heavy atom. The van der Waals surface area contributed by atoms with Crippen molar-refractivity contribution in [2.75, 3.05) is 31.6 Å². The molecule has 1 unspecified atom stereocenters. The van der Waals surface area contributed by atoms with Crippen LogP contribution in [0.3, 0.4) is 0 Å². The smallest absolute Gasteiger partial charge is 0.244 e. The minimum absolute atomic E-state index is 0.119. The minimum atomic E-state index is -0.234. The van der Waals surface area contributed by atoms with E-state index in [1.54, 1.807) is 0 Å². The molecule has 1 aliphatic heterocycles. The lowest BCUT2D eigenvalue weighted by atomic mass is 10.2. The molecule has 0 saturated carbocycles. The number of hydrogen-bond donors (Lipinski definition) is 1. The van der Waals surface area contributed by atoms with Gasteiger partial charge in [0.15, 0.2) is 0 Å². The molecule has 1 atom stereocenters. The molecule has 1 amide bonds. The summed E-state index contributed by atoms with van der Waals surface area (Å²) in [6.45, 7) is 4.51. The van der Waals surface area contributed by atoms with Crippen molar-refractivity contribution >= 4 is 27.5 Å². The Labute approximate surface area is 115 Å². The molecule has 1 saturated heterocycles. The van der Waals surface area contributed by atoms with E-state index < -0.39 is 0 Å². The molecule has 2 rings (SSSR count). The van der Waals surface area contributed by atoms with E-state index >= 15 is 0 Å². The molecule has 0 aromatic heterocycles. The highest BCUT2D eigenvalue weighted by Crippen LogP contribution is 2.22. The van der Waals surface area contributed by atoms with Gasteiger partial charge in [-0.15, -0.1) is 0 Å². The van der Waals surface area contributed by atoms with E-state index in [2.05, 4.69) is 21.2 Å². The average Bonchev–Trinajstić information content (AvgIpc) is 2.41. The largest absolute Gasteiger partial charge is 0.378 e. The van der Waals surface area contributed by atoms with Gasteiger partial charge in [-0.3, -0.25) is 4.79 Å². The van der Waals surface area contributed by atoms with Gasteiger partial charge in [0.1, 0.15) is 6.04 Å². The summed E-state index contributed by atoms with van der Waals surface area (Å²) in [5, 5.41) is 3.23. The summed E-state index contributed by atoms with van der Waals surface area (Å²) >= 11 is 3.46. The maximum absolute atomic E-state index is 12.2. The van der Waals surface area contributed by atoms with Crippen LogP contribution in [-0.4, -0.2) is 43.2 Å². The molecule has 5 heteroatoms. The van der Waals surface area contributed by atoms with E-state index in [4.69, 9.17) is 4.74 Å². The van der Waals surface area contributed by atoms with Crippen LogP contribution in [0.1, 0.15) is 6.92 Å². The Kier molecular flexibility index (Phi) is 4.60. The highest BCUT2D eigenvalue weighted by atomic mass is 79.9. The Morgan fingerprint density at radius 2 is 2.06 bits per heavy atom. The van der Waals surface area contributed by atoms with Crippen molar-refractivity contribution in [1.29, 1.82) is 0 Å². The van der Waals surface area contributed by atoms with Crippen molar-refractivity contribution < 1.29 is 9.53 Å². The first-order valence-corrected chi connectivity index (χ1v) is 6.85. The van der Waals surface area contributed by atoms with Gasteiger partial charge < -0.3 is 15.0 Å². The minimum Gasteiger partial charge on any atom is -0.378 e. The summed E-state index contributed by atoms with van der Waals surface area (Å²) in [6.07, 6.45) is 0. The predicted molar refractivity (Wildman–Crippen MR) is 74.6 cm³/mol. The van der Waals surface area contributed by atoms with Crippen molar-refractivity contribution in [2.24, 2.45) is 0 Å². The van der Waals surface area contributed by atoms with Gasteiger partial charge >= 0.3 is 0 Å². The molecule has 1 aliphatic rings. The molecule has 18 heavy (non-hydrogen) atoms. The summed E-state index contributed by atoms with van der Waals surface area (Å²) < 4.78 is 6.21. The molecule has 0 aliphatic carbocycles. The second-order valence-corrected chi connectivity index (χ2v) is 5.14. The van der Waals surface area contributed by atoms with Crippen molar-refractivity contribution in [2.45, 2.75) is 13.0 Å². The van der Waals surface area contributed by atoms with Crippen molar-refractivity contribution in [1.82, 2.24) is 4.90 Å². The van der Waals surface area contributed by atoms with Crippen molar-refractivity contribution in [3.63, 3.8) is 0 Å². The van der Waals surface area contributed by atoms with Crippen LogP contribution in [0.2, 0.25) is 0 Å². The summed E-state index contributed by atoms with van der Waals surface area (Å²) in [6, 6.07) is 7.56. The zero-order chi connectivity index (χ0) is 13.0. The maximum Gasteiger partial charge on any atom is 0.244 e. The summed E-state index contributed by atoms with van der Waals surface area (Å²) in [5.74, 6) is 0.119. The Bertz CT molecular complexity index is 419. The normalized spacial score (nSPS) is 17.3. The number of para-hydroxylation sites is 1. The van der Waals surface area contributed by atoms with E-state index in [0.29, 0.717) is 26.3 Å². The number of nitrogens with zero attached hydrogens (tertiary/aromatic N) is 1. The Morgan fingerprint density at radius 3 is 2.72 bits per heavy atom. The first kappa shape index (κ1) is 13.4. The quantitative estimate of drug-likeness (QED) is 0.929. The van der Waals surface area contributed by atoms with Gasteiger partial charge in [0, 0.05) is 23.2 Å². The van der Waals surface area contributed by atoms with Crippen LogP contribution in [0.25, 0.3) is 0 Å². The van der Waals surface area contributed by atoms with E-state index in [1.807, 2.05) is 36.1 Å². The molecule has 4 nitrogen and oxygen atoms in total. The maximum atomic E-state index is 12.2. The number of amides is 1. The molecular formula is C13H17BrN2O2. The molecule has 0 bridgehead atoms. The zero-order valence-corrected chi connectivity index (χ0v) is 11.9. The highest BCUT2D eigenvalue weighted by Gasteiger charge is 2.22. The van der Waals surface area contributed by atoms with Gasteiger partial charge in [-0.2, -0.15) is 0 Å². The monoisotopic (exact) mass is 312 g/mol. The summed E-state index contributed by atoms with van der Waals surface area (Å²) in [5.41, 5.74) is 0.937. The number of anilines is 1. The van der Waals surface area contributed by atoms with Crippen LogP contribution in [-0.2, 0) is 9.53 Å². The molecule has 0 spiro atoms. The number of hydrogen-bond acceptors (Lipinski definition) is 3. The average molecular weight is 313 g/mol. The zero-order valence-electron chi connectivity index (χ0n) is 10.4. The lowest BCUT2D eigenvalue weighted by molar-refractivity contribution is -0.135. The molecule has 1 aromatic carbocycles. The first-order valence-electron chi connectivity index (χ1n) is 6.06. The van der Waals surface area contributed by atoms with Crippen LogP contribution in [0.5, 0.6) is 0 Å². The number of ether oxygens (including phenoxy) is 1. The standard InChI is InChI=1S/C13H17BrN2O2/c1-10(13(17)16-6-8-18-9-7-16)15-12-5-3-2-4-11(12)14/h2-5,10,15H,6-9H2,1H3. The van der Waals surface area contributed by atoms with Crippen LogP contribution in [0, 0.1) is 0 Å². The highest BCUT2D eigenvalue weighted by molar-refractivity contribution is 9.10. The van der Waals surface area contributed by atoms with E-state index in [9.17, 15) is 4.79 Å². The molecular weight excluding hydrogens is 296 g/mol. The van der Waals surface area contributed by atoms with Gasteiger partial charge in [0.05, 0.1) is 13.2 Å². The van der Waals surface area contributed by atoms with Crippen LogP contribution in [0.15, 0.2) is 28.7 Å². The fourth-order valence-corrected chi connectivity index (χ4v) is 2.33. The van der Waals surface area contributed by atoms with E-state index in [-0.39, 0.29) is 11.9 Å². The van der Waals surface area contributed by atoms with E-state index in [0.717, 1.165) is 10.2 Å². The molecule has 1 heterocycles. The number of halogens is 1. The Hall–Kier alpha value is -1.07. The van der Waals surface area contributed by atoms with Crippen LogP contribution < -0.4 is 5.32 Å². The van der Waals surface area contributed by atoms with Gasteiger partial charge in [-0.25, -0.2) is 0 Å². The third-order valence-corrected chi connectivity index (χ3v) is 3.63. The number of carbonyl (C=O) groups excluding carboxylic acids is 1. The molecule has 98 valence electrons. The molecule has 1 fully saturated rings. The number of nitrogens with one attached hydrogen (secondary N) is 1. The third-order valence-electron chi connectivity index (χ3n) is 2.94. The number of morpholine rings is 1. The Balaban J connectivity index is 1.96. The topological polar surface area (TPSA) is 41.6 Å². The third kappa shape index (κ3) is 3.23. The number of carbonyl (C=O) groups is 1. The van der Waals surface area contributed by atoms with Crippen molar-refractivity contribution in [3.8, 4) is 0 Å². The molecule has 1 aromatic rings. The number of benzene rings is 1. The molecule has 1 N–H and O–H groups in total. The fourth-order valence-electron chi connectivity index (χ4n) is 1.93. The second kappa shape index (κ2) is 6.20. The SMILES string of the molecule is CC(Nc1ccccc1Br)C(=O)N1CCOCC1. The summed E-state index contributed by atoms with van der Waals surface area (Å²) in [4.78, 5) is 14.1. The fraction of sp³-hybridized carbons (Fsp3) is 0.462. The van der Waals surface area contributed by atoms with Crippen LogP contribution in [0.4, 0.5) is 5.69 Å².